The van der Waals surface area contributed by atoms with Crippen molar-refractivity contribution in [2.75, 3.05) is 41.7 Å². The van der Waals surface area contributed by atoms with Crippen molar-refractivity contribution in [3.05, 3.63) is 47.3 Å². The largest absolute Gasteiger partial charge is 0.468 e. The molecule has 39 heavy (non-hydrogen) atoms. The Hall–Kier alpha value is -4.22. The Balaban J connectivity index is 1.37. The molecule has 4 rings (SSSR count). The van der Waals surface area contributed by atoms with E-state index in [2.05, 4.69) is 29.3 Å². The number of rotatable bonds is 7. The van der Waals surface area contributed by atoms with Gasteiger partial charge >= 0.3 is 18.4 Å². The molecule has 0 unspecified atom stereocenters. The lowest BCUT2D eigenvalue weighted by molar-refractivity contribution is -0.143. The number of amides is 3. The molecule has 18 heteroatoms. The van der Waals surface area contributed by atoms with Gasteiger partial charge in [-0.25, -0.2) is 14.8 Å². The molecule has 1 saturated heterocycles. The quantitative estimate of drug-likeness (QED) is 0.321. The second-order valence-corrected chi connectivity index (χ2v) is 8.54. The summed E-state index contributed by atoms with van der Waals surface area (Å²) in [6, 6.07) is 1.61. The molecule has 3 heterocycles. The molecule has 1 aliphatic heterocycles. The standard InChI is InChI=1S/C21H18F6N8O3S/c22-20(23,24)12-7-13(21(25,26)27)9-15(8-12)31-19(37)35-5-3-34(4-6-35)16-17(33-39-32-16)38-10-14-1-2-28-18(30-14)29-11-36/h1-2,7-9,11H,3-6,10H2,(H,31,37)(H,28,29,30,36). The molecule has 2 aromatic heterocycles. The second kappa shape index (κ2) is 11.3. The number of hydrogen-bond acceptors (Lipinski definition) is 9. The predicted octanol–water partition coefficient (Wildman–Crippen LogP) is 3.87. The first-order valence-electron chi connectivity index (χ1n) is 11.0. The summed E-state index contributed by atoms with van der Waals surface area (Å²) in [5.74, 6) is 0.690. The van der Waals surface area contributed by atoms with Crippen LogP contribution in [-0.2, 0) is 23.8 Å². The number of nitrogens with zero attached hydrogens (tertiary/aromatic N) is 6. The smallest absolute Gasteiger partial charge is 0.416 e. The Morgan fingerprint density at radius 1 is 1.03 bits per heavy atom. The van der Waals surface area contributed by atoms with Crippen molar-refractivity contribution in [3.8, 4) is 5.88 Å². The highest BCUT2D eigenvalue weighted by molar-refractivity contribution is 6.99. The third-order valence-corrected chi connectivity index (χ3v) is 5.91. The minimum absolute atomic E-state index is 0.00621. The first kappa shape index (κ1) is 27.8. The van der Waals surface area contributed by atoms with Crippen LogP contribution < -0.4 is 20.3 Å². The van der Waals surface area contributed by atoms with E-state index in [1.54, 1.807) is 11.0 Å². The highest BCUT2D eigenvalue weighted by Crippen LogP contribution is 2.37. The summed E-state index contributed by atoms with van der Waals surface area (Å²) in [7, 11) is 0. The Morgan fingerprint density at radius 3 is 2.31 bits per heavy atom. The molecular formula is C21H18F6N8O3S. The molecule has 0 spiro atoms. The van der Waals surface area contributed by atoms with Crippen LogP contribution >= 0.6 is 11.7 Å². The lowest BCUT2D eigenvalue weighted by atomic mass is 10.1. The fourth-order valence-electron chi connectivity index (χ4n) is 3.55. The number of alkyl halides is 6. The summed E-state index contributed by atoms with van der Waals surface area (Å²) in [4.78, 5) is 34.2. The van der Waals surface area contributed by atoms with Crippen molar-refractivity contribution in [2.24, 2.45) is 0 Å². The van der Waals surface area contributed by atoms with Gasteiger partial charge < -0.3 is 19.9 Å². The van der Waals surface area contributed by atoms with Crippen molar-refractivity contribution in [3.63, 3.8) is 0 Å². The van der Waals surface area contributed by atoms with Crippen LogP contribution in [0.2, 0.25) is 0 Å². The Kier molecular flexibility index (Phi) is 8.03. The van der Waals surface area contributed by atoms with E-state index in [1.165, 1.54) is 11.1 Å². The van der Waals surface area contributed by atoms with Gasteiger partial charge in [-0.2, -0.15) is 30.7 Å². The van der Waals surface area contributed by atoms with Gasteiger partial charge in [0.25, 0.3) is 5.88 Å². The molecule has 1 aliphatic rings. The maximum absolute atomic E-state index is 13.1. The minimum Gasteiger partial charge on any atom is -0.468 e. The van der Waals surface area contributed by atoms with Crippen LogP contribution in [0.3, 0.4) is 0 Å². The van der Waals surface area contributed by atoms with Gasteiger partial charge in [0, 0.05) is 38.1 Å². The molecule has 0 aliphatic carbocycles. The number of nitrogens with one attached hydrogen (secondary N) is 2. The molecule has 3 amide bonds. The van der Waals surface area contributed by atoms with Gasteiger partial charge in [0.15, 0.2) is 0 Å². The van der Waals surface area contributed by atoms with Crippen molar-refractivity contribution in [1.29, 1.82) is 0 Å². The zero-order valence-corrected chi connectivity index (χ0v) is 20.4. The molecule has 2 N–H and O–H groups in total. The fourth-order valence-corrected chi connectivity index (χ4v) is 4.07. The van der Waals surface area contributed by atoms with Crippen LogP contribution in [0.5, 0.6) is 5.88 Å². The van der Waals surface area contributed by atoms with Gasteiger partial charge in [0.2, 0.25) is 18.2 Å². The van der Waals surface area contributed by atoms with E-state index >= 15 is 0 Å². The van der Waals surface area contributed by atoms with E-state index in [-0.39, 0.29) is 50.7 Å². The maximum atomic E-state index is 13.1. The minimum atomic E-state index is -5.03. The monoisotopic (exact) mass is 576 g/mol. The number of ether oxygens (including phenoxy) is 1. The van der Waals surface area contributed by atoms with E-state index in [1.807, 2.05) is 0 Å². The number of carbonyl (C=O) groups is 2. The Labute approximate surface area is 220 Å². The molecule has 1 fully saturated rings. The van der Waals surface area contributed by atoms with E-state index < -0.39 is 35.2 Å². The average Bonchev–Trinajstić information content (AvgIpc) is 3.35. The maximum Gasteiger partial charge on any atom is 0.416 e. The van der Waals surface area contributed by atoms with Gasteiger partial charge in [0.1, 0.15) is 6.61 Å². The number of urea groups is 1. The molecule has 208 valence electrons. The normalized spacial score (nSPS) is 14.2. The molecule has 0 saturated carbocycles. The van der Waals surface area contributed by atoms with Crippen molar-refractivity contribution >= 4 is 41.6 Å². The SMILES string of the molecule is O=CNc1nccc(COc2nsnc2N2CCN(C(=O)Nc3cc(C(F)(F)F)cc(C(F)(F)F)c3)CC2)n1. The van der Waals surface area contributed by atoms with Crippen LogP contribution in [0.15, 0.2) is 30.5 Å². The van der Waals surface area contributed by atoms with Gasteiger partial charge in [-0.1, -0.05) is 0 Å². The highest BCUT2D eigenvalue weighted by atomic mass is 32.1. The molecule has 0 atom stereocenters. The second-order valence-electron chi connectivity index (χ2n) is 8.01. The fraction of sp³-hybridized carbons (Fsp3) is 0.333. The van der Waals surface area contributed by atoms with Crippen LogP contribution in [-0.4, -0.2) is 62.2 Å². The van der Waals surface area contributed by atoms with E-state index in [4.69, 9.17) is 4.74 Å². The first-order valence-corrected chi connectivity index (χ1v) is 11.7. The summed E-state index contributed by atoms with van der Waals surface area (Å²) in [5, 5.41) is 4.45. The van der Waals surface area contributed by atoms with Gasteiger partial charge in [-0.05, 0) is 24.3 Å². The summed E-state index contributed by atoms with van der Waals surface area (Å²) in [6.45, 7) is 0.674. The number of anilines is 3. The molecule has 3 aromatic rings. The van der Waals surface area contributed by atoms with Gasteiger partial charge in [0.05, 0.1) is 28.5 Å². The number of benzene rings is 1. The van der Waals surface area contributed by atoms with Gasteiger partial charge in [-0.3, -0.25) is 10.1 Å². The molecule has 1 aromatic carbocycles. The Morgan fingerprint density at radius 2 is 1.69 bits per heavy atom. The van der Waals surface area contributed by atoms with Crippen molar-refractivity contribution in [1.82, 2.24) is 23.6 Å². The summed E-state index contributed by atoms with van der Waals surface area (Å²) in [6.07, 6.45) is -8.20. The summed E-state index contributed by atoms with van der Waals surface area (Å²) >= 11 is 0.887. The topological polar surface area (TPSA) is 125 Å². The number of carbonyl (C=O) groups excluding carboxylic acids is 2. The van der Waals surface area contributed by atoms with Crippen LogP contribution in [0.4, 0.5) is 48.6 Å². The average molecular weight is 576 g/mol. The van der Waals surface area contributed by atoms with E-state index in [9.17, 15) is 35.9 Å². The zero-order valence-electron chi connectivity index (χ0n) is 19.6. The molecule has 11 nitrogen and oxygen atoms in total. The number of hydrogen-bond donors (Lipinski definition) is 2. The van der Waals surface area contributed by atoms with Crippen LogP contribution in [0, 0.1) is 0 Å². The number of piperazine rings is 1. The molecule has 0 bridgehead atoms. The molecular weight excluding hydrogens is 558 g/mol. The highest BCUT2D eigenvalue weighted by Gasteiger charge is 2.37. The zero-order chi connectivity index (χ0) is 28.2. The molecule has 0 radical (unpaired) electrons. The summed E-state index contributed by atoms with van der Waals surface area (Å²) in [5.41, 5.74) is -3.23. The van der Waals surface area contributed by atoms with E-state index in [0.29, 0.717) is 30.1 Å². The van der Waals surface area contributed by atoms with Crippen molar-refractivity contribution < 1.29 is 40.7 Å². The summed E-state index contributed by atoms with van der Waals surface area (Å²) < 4.78 is 92.6. The third kappa shape index (κ3) is 7.01. The predicted molar refractivity (Wildman–Crippen MR) is 125 cm³/mol. The van der Waals surface area contributed by atoms with E-state index in [0.717, 1.165) is 11.7 Å². The van der Waals surface area contributed by atoms with Crippen LogP contribution in [0.25, 0.3) is 0 Å². The lowest BCUT2D eigenvalue weighted by Gasteiger charge is -2.34. The number of halogens is 6. The lowest BCUT2D eigenvalue weighted by Crippen LogP contribution is -2.50. The third-order valence-electron chi connectivity index (χ3n) is 5.41. The van der Waals surface area contributed by atoms with Crippen LogP contribution in [0.1, 0.15) is 16.8 Å². The Bertz CT molecular complexity index is 1300. The van der Waals surface area contributed by atoms with Crippen molar-refractivity contribution in [2.45, 2.75) is 19.0 Å². The number of aromatic nitrogens is 4. The van der Waals surface area contributed by atoms with Gasteiger partial charge in [-0.15, -0.1) is 4.37 Å². The first-order chi connectivity index (χ1) is 18.4.